The van der Waals surface area contributed by atoms with Gasteiger partial charge in [-0.15, -0.1) is 0 Å². The van der Waals surface area contributed by atoms with Gasteiger partial charge in [0, 0.05) is 6.42 Å². The summed E-state index contributed by atoms with van der Waals surface area (Å²) in [5.41, 5.74) is -2.65. The molecule has 0 heterocycles. The Morgan fingerprint density at radius 1 is 1.24 bits per heavy atom. The highest BCUT2D eigenvalue weighted by Gasteiger charge is 2.47. The highest BCUT2D eigenvalue weighted by atomic mass is 32.2. The van der Waals surface area contributed by atoms with E-state index in [0.29, 0.717) is 5.75 Å². The van der Waals surface area contributed by atoms with Crippen LogP contribution in [0.5, 0.6) is 0 Å². The Morgan fingerprint density at radius 2 is 1.86 bits per heavy atom. The average Bonchev–Trinajstić information content (AvgIpc) is 2.44. The number of carboxylic acids is 2. The van der Waals surface area contributed by atoms with Gasteiger partial charge in [-0.05, 0) is 24.9 Å². The molecule has 0 aromatic carbocycles. The van der Waals surface area contributed by atoms with Crippen LogP contribution in [-0.4, -0.2) is 56.6 Å². The first-order valence-electron chi connectivity index (χ1n) is 6.37. The van der Waals surface area contributed by atoms with Crippen LogP contribution in [0, 0.1) is 0 Å². The molecule has 0 aliphatic carbocycles. The van der Waals surface area contributed by atoms with Gasteiger partial charge >= 0.3 is 17.9 Å². The van der Waals surface area contributed by atoms with Gasteiger partial charge in [0.05, 0.1) is 0 Å². The van der Waals surface area contributed by atoms with Crippen LogP contribution in [0.25, 0.3) is 0 Å². The Kier molecular flexibility index (Phi) is 8.98. The van der Waals surface area contributed by atoms with Crippen LogP contribution < -0.4 is 0 Å². The topological polar surface area (TPSA) is 130 Å². The summed E-state index contributed by atoms with van der Waals surface area (Å²) in [5.74, 6) is -3.32. The zero-order chi connectivity index (χ0) is 16.5. The molecule has 0 aliphatic rings. The standard InChI is InChI=1S/C12H20O8S/c1-3-4-6-21-7-5-8(9(13)14)19-11(17)12(2,20-18)10(15)16/h8,18H,3-7H2,1-2H3,(H,13,14)(H,15,16). The summed E-state index contributed by atoms with van der Waals surface area (Å²) >= 11 is 1.52. The molecule has 0 rings (SSSR count). The maximum atomic E-state index is 11.6. The fraction of sp³-hybridized carbons (Fsp3) is 0.750. The lowest BCUT2D eigenvalue weighted by Gasteiger charge is -2.21. The lowest BCUT2D eigenvalue weighted by atomic mass is 10.1. The van der Waals surface area contributed by atoms with Gasteiger partial charge in [-0.3, -0.25) is 5.26 Å². The molecule has 9 heteroatoms. The smallest absolute Gasteiger partial charge is 0.354 e. The number of esters is 1. The fourth-order valence-electron chi connectivity index (χ4n) is 1.18. The van der Waals surface area contributed by atoms with Crippen LogP contribution >= 0.6 is 11.8 Å². The molecule has 0 amide bonds. The molecule has 8 nitrogen and oxygen atoms in total. The van der Waals surface area contributed by atoms with E-state index in [9.17, 15) is 14.4 Å². The molecule has 0 aromatic rings. The number of carbonyl (C=O) groups excluding carboxylic acids is 1. The Morgan fingerprint density at radius 3 is 2.29 bits per heavy atom. The molecule has 0 aliphatic heterocycles. The van der Waals surface area contributed by atoms with Gasteiger partial charge in [0.2, 0.25) is 0 Å². The zero-order valence-electron chi connectivity index (χ0n) is 11.9. The van der Waals surface area contributed by atoms with Crippen molar-refractivity contribution < 1.29 is 39.5 Å². The van der Waals surface area contributed by atoms with E-state index in [1.165, 1.54) is 11.8 Å². The molecule has 0 saturated carbocycles. The van der Waals surface area contributed by atoms with E-state index < -0.39 is 29.6 Å². The van der Waals surface area contributed by atoms with Crippen LogP contribution in [0.15, 0.2) is 0 Å². The van der Waals surface area contributed by atoms with Gasteiger partial charge in [-0.2, -0.15) is 11.8 Å². The van der Waals surface area contributed by atoms with Gasteiger partial charge < -0.3 is 14.9 Å². The van der Waals surface area contributed by atoms with E-state index in [0.717, 1.165) is 25.5 Å². The Balaban J connectivity index is 4.53. The summed E-state index contributed by atoms with van der Waals surface area (Å²) in [6.07, 6.45) is 0.573. The molecule has 2 atom stereocenters. The molecule has 3 N–H and O–H groups in total. The van der Waals surface area contributed by atoms with Crippen LogP contribution in [-0.2, 0) is 24.0 Å². The monoisotopic (exact) mass is 324 g/mol. The normalized spacial score (nSPS) is 15.0. The maximum Gasteiger partial charge on any atom is 0.354 e. The van der Waals surface area contributed by atoms with Crippen molar-refractivity contribution in [1.82, 2.24) is 0 Å². The minimum atomic E-state index is -2.65. The van der Waals surface area contributed by atoms with Gasteiger partial charge in [0.25, 0.3) is 5.60 Å². The molecular weight excluding hydrogens is 304 g/mol. The molecule has 0 bridgehead atoms. The second-order valence-corrected chi connectivity index (χ2v) is 5.64. The van der Waals surface area contributed by atoms with E-state index >= 15 is 0 Å². The van der Waals surface area contributed by atoms with Crippen molar-refractivity contribution in [1.29, 1.82) is 0 Å². The number of hydrogen-bond donors (Lipinski definition) is 3. The summed E-state index contributed by atoms with van der Waals surface area (Å²) < 4.78 is 4.62. The summed E-state index contributed by atoms with van der Waals surface area (Å²) in [6.45, 7) is 2.80. The first-order valence-corrected chi connectivity index (χ1v) is 7.52. The zero-order valence-corrected chi connectivity index (χ0v) is 12.7. The van der Waals surface area contributed by atoms with Crippen molar-refractivity contribution in [3.63, 3.8) is 0 Å². The number of aliphatic carboxylic acids is 2. The van der Waals surface area contributed by atoms with Gasteiger partial charge in [0.1, 0.15) is 0 Å². The Bertz CT molecular complexity index is 372. The van der Waals surface area contributed by atoms with E-state index in [2.05, 4.69) is 9.62 Å². The third-order valence-electron chi connectivity index (χ3n) is 2.67. The van der Waals surface area contributed by atoms with Crippen molar-refractivity contribution in [3.05, 3.63) is 0 Å². The van der Waals surface area contributed by atoms with Gasteiger partial charge in [-0.25, -0.2) is 19.3 Å². The number of ether oxygens (including phenoxy) is 1. The summed E-state index contributed by atoms with van der Waals surface area (Å²) in [5, 5.41) is 26.3. The summed E-state index contributed by atoms with van der Waals surface area (Å²) in [7, 11) is 0. The number of hydrogen-bond acceptors (Lipinski definition) is 7. The van der Waals surface area contributed by atoms with E-state index in [-0.39, 0.29) is 6.42 Å². The number of unbranched alkanes of at least 4 members (excludes halogenated alkanes) is 1. The summed E-state index contributed by atoms with van der Waals surface area (Å²) in [6, 6.07) is 0. The molecule has 0 aromatic heterocycles. The summed E-state index contributed by atoms with van der Waals surface area (Å²) in [4.78, 5) is 37.1. The fourth-order valence-corrected chi connectivity index (χ4v) is 2.25. The minimum Gasteiger partial charge on any atom is -0.479 e. The van der Waals surface area contributed by atoms with Crippen molar-refractivity contribution in [2.75, 3.05) is 11.5 Å². The lowest BCUT2D eigenvalue weighted by Crippen LogP contribution is -2.48. The minimum absolute atomic E-state index is 0.0383. The van der Waals surface area contributed by atoms with Crippen molar-refractivity contribution in [2.24, 2.45) is 0 Å². The first-order chi connectivity index (χ1) is 9.79. The average molecular weight is 324 g/mol. The molecule has 122 valence electrons. The molecular formula is C12H20O8S. The van der Waals surface area contributed by atoms with Crippen LogP contribution in [0.1, 0.15) is 33.1 Å². The molecule has 0 spiro atoms. The van der Waals surface area contributed by atoms with Crippen LogP contribution in [0.4, 0.5) is 0 Å². The largest absolute Gasteiger partial charge is 0.479 e. The predicted octanol–water partition coefficient (Wildman–Crippen LogP) is 1.24. The maximum absolute atomic E-state index is 11.6. The molecule has 0 saturated heterocycles. The lowest BCUT2D eigenvalue weighted by molar-refractivity contribution is -0.309. The van der Waals surface area contributed by atoms with E-state index in [1.807, 2.05) is 6.92 Å². The van der Waals surface area contributed by atoms with Gasteiger partial charge in [0.15, 0.2) is 6.10 Å². The number of carboxylic acid groups (broad SMARTS) is 2. The van der Waals surface area contributed by atoms with Crippen LogP contribution in [0.3, 0.4) is 0 Å². The highest BCUT2D eigenvalue weighted by molar-refractivity contribution is 7.99. The first kappa shape index (κ1) is 19.7. The number of thioether (sulfide) groups is 1. The van der Waals surface area contributed by atoms with Crippen molar-refractivity contribution in [3.8, 4) is 0 Å². The highest BCUT2D eigenvalue weighted by Crippen LogP contribution is 2.16. The molecule has 21 heavy (non-hydrogen) atoms. The molecule has 0 radical (unpaired) electrons. The van der Waals surface area contributed by atoms with Crippen molar-refractivity contribution >= 4 is 29.7 Å². The Labute approximate surface area is 126 Å². The third-order valence-corrected chi connectivity index (χ3v) is 3.77. The number of carbonyl (C=O) groups is 3. The Hall–Kier alpha value is -1.32. The quantitative estimate of drug-likeness (QED) is 0.169. The second-order valence-electron chi connectivity index (χ2n) is 4.42. The molecule has 2 unspecified atom stereocenters. The predicted molar refractivity (Wildman–Crippen MR) is 74.1 cm³/mol. The second kappa shape index (κ2) is 9.59. The van der Waals surface area contributed by atoms with Crippen LogP contribution in [0.2, 0.25) is 0 Å². The van der Waals surface area contributed by atoms with E-state index in [4.69, 9.17) is 15.5 Å². The van der Waals surface area contributed by atoms with Crippen molar-refractivity contribution in [2.45, 2.75) is 44.8 Å². The van der Waals surface area contributed by atoms with Gasteiger partial charge in [-0.1, -0.05) is 13.3 Å². The van der Waals surface area contributed by atoms with E-state index in [1.54, 1.807) is 0 Å². The number of rotatable bonds is 11. The SMILES string of the molecule is CCCCSCCC(OC(=O)C(C)(OO)C(=O)O)C(=O)O. The molecule has 0 fully saturated rings. The third kappa shape index (κ3) is 6.32.